The molecule has 0 radical (unpaired) electrons. The average Bonchev–Trinajstić information content (AvgIpc) is 3.21. The number of nitrogens with one attached hydrogen (secondary N) is 1. The van der Waals surface area contributed by atoms with Gasteiger partial charge < -0.3 is 4.90 Å². The third kappa shape index (κ3) is 4.34. The van der Waals surface area contributed by atoms with Crippen molar-refractivity contribution in [2.75, 3.05) is 13.1 Å². The van der Waals surface area contributed by atoms with Crippen molar-refractivity contribution in [3.05, 3.63) is 57.3 Å². The lowest BCUT2D eigenvalue weighted by Crippen LogP contribution is -2.32. The van der Waals surface area contributed by atoms with Gasteiger partial charge in [-0.15, -0.1) is 11.3 Å². The van der Waals surface area contributed by atoms with Gasteiger partial charge in [0.05, 0.1) is 5.69 Å². The molecule has 1 aliphatic rings. The van der Waals surface area contributed by atoms with Crippen molar-refractivity contribution < 1.29 is 4.79 Å². The second-order valence-electron chi connectivity index (χ2n) is 7.53. The monoisotopic (exact) mass is 410 g/mol. The van der Waals surface area contributed by atoms with Crippen molar-refractivity contribution in [2.45, 2.75) is 45.4 Å². The first-order valence-electron chi connectivity index (χ1n) is 10.2. The Kier molecular flexibility index (Phi) is 5.94. The Hall–Kier alpha value is -2.67. The van der Waals surface area contributed by atoms with Crippen LogP contribution in [0.2, 0.25) is 0 Å². The third-order valence-corrected chi connectivity index (χ3v) is 6.32. The van der Waals surface area contributed by atoms with Crippen molar-refractivity contribution in [3.8, 4) is 16.4 Å². The van der Waals surface area contributed by atoms with Crippen molar-refractivity contribution in [1.29, 1.82) is 0 Å². The molecule has 3 aromatic rings. The fourth-order valence-electron chi connectivity index (χ4n) is 3.83. The van der Waals surface area contributed by atoms with Gasteiger partial charge in [0.1, 0.15) is 0 Å². The molecule has 1 saturated heterocycles. The molecule has 1 amide bonds. The Balaban J connectivity index is 1.49. The van der Waals surface area contributed by atoms with Gasteiger partial charge in [0.2, 0.25) is 11.0 Å². The molecule has 6 nitrogen and oxygen atoms in total. The highest BCUT2D eigenvalue weighted by molar-refractivity contribution is 7.12. The Labute approximate surface area is 174 Å². The zero-order valence-electron chi connectivity index (χ0n) is 16.7. The van der Waals surface area contributed by atoms with Crippen LogP contribution in [0.4, 0.5) is 0 Å². The maximum Gasteiger partial charge on any atom is 0.276 e. The van der Waals surface area contributed by atoms with E-state index >= 15 is 0 Å². The first-order valence-corrected chi connectivity index (χ1v) is 11.1. The summed E-state index contributed by atoms with van der Waals surface area (Å²) in [5, 5.41) is 5.70. The number of carbonyl (C=O) groups is 1. The average molecular weight is 411 g/mol. The molecule has 1 N–H and O–H groups in total. The molecule has 3 heterocycles. The van der Waals surface area contributed by atoms with Crippen LogP contribution in [-0.4, -0.2) is 38.7 Å². The summed E-state index contributed by atoms with van der Waals surface area (Å²) >= 11 is 1.43. The topological polar surface area (TPSA) is 71.0 Å². The summed E-state index contributed by atoms with van der Waals surface area (Å²) in [6.45, 7) is 3.57. The van der Waals surface area contributed by atoms with E-state index in [9.17, 15) is 9.59 Å². The lowest BCUT2D eigenvalue weighted by molar-refractivity contribution is -0.131. The lowest BCUT2D eigenvalue weighted by Gasteiger charge is -2.20. The Morgan fingerprint density at radius 1 is 1.14 bits per heavy atom. The highest BCUT2D eigenvalue weighted by Crippen LogP contribution is 2.23. The largest absolute Gasteiger partial charge is 0.343 e. The fraction of sp³-hybridized carbons (Fsp3) is 0.409. The number of aryl methyl sites for hydroxylation is 1. The van der Waals surface area contributed by atoms with Crippen LogP contribution in [0.25, 0.3) is 16.4 Å². The Morgan fingerprint density at radius 3 is 2.59 bits per heavy atom. The number of carbonyl (C=O) groups excluding carboxylic acids is 1. The van der Waals surface area contributed by atoms with E-state index in [4.69, 9.17) is 0 Å². The normalized spacial score (nSPS) is 14.7. The molecule has 1 aromatic carbocycles. The van der Waals surface area contributed by atoms with E-state index in [-0.39, 0.29) is 11.5 Å². The molecule has 29 heavy (non-hydrogen) atoms. The minimum atomic E-state index is -0.111. The van der Waals surface area contributed by atoms with E-state index in [2.05, 4.69) is 10.1 Å². The highest BCUT2D eigenvalue weighted by atomic mass is 32.1. The summed E-state index contributed by atoms with van der Waals surface area (Å²) in [6, 6.07) is 9.91. The van der Waals surface area contributed by atoms with E-state index in [1.807, 2.05) is 47.5 Å². The number of hydrogen-bond donors (Lipinski definition) is 1. The highest BCUT2D eigenvalue weighted by Gasteiger charge is 2.19. The predicted octanol–water partition coefficient (Wildman–Crippen LogP) is 3.93. The maximum absolute atomic E-state index is 13.0. The van der Waals surface area contributed by atoms with E-state index in [1.54, 1.807) is 0 Å². The molecule has 0 aliphatic carbocycles. The first kappa shape index (κ1) is 19.6. The third-order valence-electron chi connectivity index (χ3n) is 5.49. The van der Waals surface area contributed by atoms with Crippen LogP contribution >= 0.6 is 11.3 Å². The molecular weight excluding hydrogens is 384 g/mol. The van der Waals surface area contributed by atoms with Gasteiger partial charge in [-0.25, -0.2) is 4.98 Å². The maximum atomic E-state index is 13.0. The number of likely N-dealkylation sites (tertiary alicyclic amines) is 1. The lowest BCUT2D eigenvalue weighted by atomic mass is 10.1. The van der Waals surface area contributed by atoms with Gasteiger partial charge in [-0.2, -0.15) is 4.68 Å². The summed E-state index contributed by atoms with van der Waals surface area (Å²) < 4.78 is 1.50. The first-order chi connectivity index (χ1) is 14.1. The molecule has 1 aliphatic heterocycles. The number of nitrogens with zero attached hydrogens (tertiary/aromatic N) is 3. The number of benzene rings is 1. The molecule has 152 valence electrons. The minimum absolute atomic E-state index is 0.111. The van der Waals surface area contributed by atoms with Gasteiger partial charge in [-0.05, 0) is 26.2 Å². The number of hydrogen-bond acceptors (Lipinski definition) is 4. The van der Waals surface area contributed by atoms with Crippen LogP contribution in [-0.2, 0) is 11.2 Å². The molecule has 2 aromatic heterocycles. The van der Waals surface area contributed by atoms with Crippen molar-refractivity contribution in [1.82, 2.24) is 19.7 Å². The molecule has 0 spiro atoms. The number of aromatic amines is 1. The summed E-state index contributed by atoms with van der Waals surface area (Å²) in [4.78, 5) is 32.1. The number of amides is 1. The Morgan fingerprint density at radius 2 is 1.86 bits per heavy atom. The van der Waals surface area contributed by atoms with Gasteiger partial charge in [-0.3, -0.25) is 14.7 Å². The molecule has 4 rings (SSSR count). The second kappa shape index (κ2) is 8.78. The van der Waals surface area contributed by atoms with Gasteiger partial charge >= 0.3 is 0 Å². The van der Waals surface area contributed by atoms with Crippen LogP contribution in [0.3, 0.4) is 0 Å². The summed E-state index contributed by atoms with van der Waals surface area (Å²) in [7, 11) is 0. The van der Waals surface area contributed by atoms with Crippen LogP contribution < -0.4 is 5.56 Å². The minimum Gasteiger partial charge on any atom is -0.343 e. The smallest absolute Gasteiger partial charge is 0.276 e. The zero-order chi connectivity index (χ0) is 20.2. The van der Waals surface area contributed by atoms with E-state index in [0.29, 0.717) is 23.5 Å². The predicted molar refractivity (Wildman–Crippen MR) is 116 cm³/mol. The Bertz CT molecular complexity index is 1030. The number of aromatic nitrogens is 3. The summed E-state index contributed by atoms with van der Waals surface area (Å²) in [5.41, 5.74) is 3.23. The van der Waals surface area contributed by atoms with Crippen LogP contribution in [0.1, 0.15) is 43.4 Å². The molecule has 0 unspecified atom stereocenters. The SMILES string of the molecule is Cc1[nH]n(-c2nc(-c3ccccc3)cs2)c(=O)c1CCC(=O)N1CCCCCC1. The molecule has 1 fully saturated rings. The van der Waals surface area contributed by atoms with Crippen molar-refractivity contribution >= 4 is 17.2 Å². The standard InChI is InChI=1S/C22H26N4O2S/c1-16-18(11-12-20(27)25-13-7-2-3-8-14-25)21(28)26(24-16)22-23-19(15-29-22)17-9-5-4-6-10-17/h4-6,9-10,15,24H,2-3,7-8,11-14H2,1H3. The van der Waals surface area contributed by atoms with E-state index in [1.165, 1.54) is 28.9 Å². The fourth-order valence-corrected chi connectivity index (χ4v) is 4.62. The van der Waals surface area contributed by atoms with E-state index < -0.39 is 0 Å². The quantitative estimate of drug-likeness (QED) is 0.693. The van der Waals surface area contributed by atoms with Crippen LogP contribution in [0.5, 0.6) is 0 Å². The molecule has 0 bridgehead atoms. The molecular formula is C22H26N4O2S. The molecule has 0 saturated carbocycles. The van der Waals surface area contributed by atoms with Crippen LogP contribution in [0, 0.1) is 6.92 Å². The van der Waals surface area contributed by atoms with Gasteiger partial charge in [0.25, 0.3) is 5.56 Å². The van der Waals surface area contributed by atoms with Crippen molar-refractivity contribution in [3.63, 3.8) is 0 Å². The van der Waals surface area contributed by atoms with Gasteiger partial charge in [0, 0.05) is 41.7 Å². The summed E-state index contributed by atoms with van der Waals surface area (Å²) in [5.74, 6) is 0.152. The zero-order valence-corrected chi connectivity index (χ0v) is 17.5. The van der Waals surface area contributed by atoms with Gasteiger partial charge in [0.15, 0.2) is 0 Å². The van der Waals surface area contributed by atoms with Gasteiger partial charge in [-0.1, -0.05) is 43.2 Å². The van der Waals surface area contributed by atoms with E-state index in [0.717, 1.165) is 42.9 Å². The van der Waals surface area contributed by atoms with Crippen LogP contribution in [0.15, 0.2) is 40.5 Å². The number of thiazole rings is 1. The van der Waals surface area contributed by atoms with Crippen molar-refractivity contribution in [2.24, 2.45) is 0 Å². The molecule has 7 heteroatoms. The second-order valence-corrected chi connectivity index (χ2v) is 8.37. The molecule has 0 atom stereocenters. The summed E-state index contributed by atoms with van der Waals surface area (Å²) in [6.07, 6.45) is 5.39. The number of H-pyrrole nitrogens is 1. The number of rotatable bonds is 5.